The van der Waals surface area contributed by atoms with Gasteiger partial charge in [-0.1, -0.05) is 23.8 Å². The van der Waals surface area contributed by atoms with Gasteiger partial charge in [0.15, 0.2) is 5.69 Å². The molecular weight excluding hydrogens is 399 g/mol. The number of ether oxygens (including phenoxy) is 1. The molecule has 1 fully saturated rings. The van der Waals surface area contributed by atoms with Crippen LogP contribution in [-0.4, -0.2) is 65.2 Å². The predicted octanol–water partition coefficient (Wildman–Crippen LogP) is 2.58. The van der Waals surface area contributed by atoms with Crippen molar-refractivity contribution in [3.05, 3.63) is 47.3 Å². The standard InChI is InChI=1S/C20H26F3N5O2/c21-20(22,23)17-6-4-5-16(13-17)14-28-15-18(25-26-28)19(29)24-7-2-1-3-8-27-9-11-30-12-10-27/h4-6,13,15H,1-3,7-12,14H2,(H,24,29). The van der Waals surface area contributed by atoms with Gasteiger partial charge in [-0.05, 0) is 37.1 Å². The van der Waals surface area contributed by atoms with E-state index in [1.54, 1.807) is 6.07 Å². The van der Waals surface area contributed by atoms with Gasteiger partial charge in [0.1, 0.15) is 0 Å². The van der Waals surface area contributed by atoms with Gasteiger partial charge in [0.2, 0.25) is 0 Å². The van der Waals surface area contributed by atoms with Crippen molar-refractivity contribution in [3.63, 3.8) is 0 Å². The fourth-order valence-corrected chi connectivity index (χ4v) is 3.27. The van der Waals surface area contributed by atoms with Gasteiger partial charge in [-0.25, -0.2) is 4.68 Å². The lowest BCUT2D eigenvalue weighted by Gasteiger charge is -2.26. The first-order valence-corrected chi connectivity index (χ1v) is 10.1. The number of amides is 1. The number of hydrogen-bond donors (Lipinski definition) is 1. The summed E-state index contributed by atoms with van der Waals surface area (Å²) >= 11 is 0. The Morgan fingerprint density at radius 3 is 2.73 bits per heavy atom. The maximum atomic E-state index is 12.8. The van der Waals surface area contributed by atoms with Gasteiger partial charge in [-0.15, -0.1) is 5.10 Å². The second kappa shape index (κ2) is 10.5. The van der Waals surface area contributed by atoms with Gasteiger partial charge in [0, 0.05) is 19.6 Å². The maximum Gasteiger partial charge on any atom is 0.416 e. The molecule has 30 heavy (non-hydrogen) atoms. The van der Waals surface area contributed by atoms with E-state index in [4.69, 9.17) is 4.74 Å². The van der Waals surface area contributed by atoms with E-state index >= 15 is 0 Å². The Bertz CT molecular complexity index is 819. The quantitative estimate of drug-likeness (QED) is 0.626. The molecule has 0 unspecified atom stereocenters. The molecule has 164 valence electrons. The highest BCUT2D eigenvalue weighted by Crippen LogP contribution is 2.29. The lowest BCUT2D eigenvalue weighted by Crippen LogP contribution is -2.36. The average molecular weight is 425 g/mol. The van der Waals surface area contributed by atoms with Crippen LogP contribution in [0, 0.1) is 0 Å². The van der Waals surface area contributed by atoms with Crippen LogP contribution < -0.4 is 5.32 Å². The minimum Gasteiger partial charge on any atom is -0.379 e. The molecule has 0 atom stereocenters. The molecule has 0 aliphatic carbocycles. The topological polar surface area (TPSA) is 72.3 Å². The Labute approximate surface area is 173 Å². The molecule has 2 aromatic rings. The van der Waals surface area contributed by atoms with Crippen molar-refractivity contribution in [2.45, 2.75) is 32.0 Å². The number of halogens is 3. The van der Waals surface area contributed by atoms with E-state index < -0.39 is 11.7 Å². The summed E-state index contributed by atoms with van der Waals surface area (Å²) in [6.45, 7) is 5.24. The second-order valence-corrected chi connectivity index (χ2v) is 7.27. The van der Waals surface area contributed by atoms with Crippen molar-refractivity contribution in [3.8, 4) is 0 Å². The number of carbonyl (C=O) groups excluding carboxylic acids is 1. The monoisotopic (exact) mass is 425 g/mol. The number of benzene rings is 1. The number of rotatable bonds is 9. The van der Waals surface area contributed by atoms with Gasteiger partial charge < -0.3 is 10.1 Å². The van der Waals surface area contributed by atoms with Gasteiger partial charge >= 0.3 is 6.18 Å². The number of unbranched alkanes of at least 4 members (excludes halogenated alkanes) is 2. The second-order valence-electron chi connectivity index (χ2n) is 7.27. The molecule has 1 aromatic carbocycles. The van der Waals surface area contributed by atoms with Crippen LogP contribution >= 0.6 is 0 Å². The summed E-state index contributed by atoms with van der Waals surface area (Å²) in [4.78, 5) is 14.6. The summed E-state index contributed by atoms with van der Waals surface area (Å²) in [5, 5.41) is 10.5. The number of aromatic nitrogens is 3. The van der Waals surface area contributed by atoms with Crippen molar-refractivity contribution in [1.29, 1.82) is 0 Å². The van der Waals surface area contributed by atoms with Crippen LogP contribution in [0.4, 0.5) is 13.2 Å². The third-order valence-corrected chi connectivity index (χ3v) is 4.91. The van der Waals surface area contributed by atoms with E-state index in [0.29, 0.717) is 12.1 Å². The normalized spacial score (nSPS) is 15.3. The minimum absolute atomic E-state index is 0.103. The lowest BCUT2D eigenvalue weighted by atomic mass is 10.1. The Hall–Kier alpha value is -2.46. The number of nitrogens with one attached hydrogen (secondary N) is 1. The molecule has 2 heterocycles. The van der Waals surface area contributed by atoms with E-state index in [1.807, 2.05) is 0 Å². The highest BCUT2D eigenvalue weighted by atomic mass is 19.4. The molecule has 0 radical (unpaired) electrons. The molecule has 0 bridgehead atoms. The Balaban J connectivity index is 1.38. The SMILES string of the molecule is O=C(NCCCCCN1CCOCC1)c1cn(Cc2cccc(C(F)(F)F)c2)nn1. The largest absolute Gasteiger partial charge is 0.416 e. The summed E-state index contributed by atoms with van der Waals surface area (Å²) < 4.78 is 45.1. The number of alkyl halides is 3. The molecule has 1 aliphatic heterocycles. The number of nitrogens with zero attached hydrogens (tertiary/aromatic N) is 4. The van der Waals surface area contributed by atoms with Crippen LogP contribution in [0.25, 0.3) is 0 Å². The molecular formula is C20H26F3N5O2. The fraction of sp³-hybridized carbons (Fsp3) is 0.550. The molecule has 7 nitrogen and oxygen atoms in total. The van der Waals surface area contributed by atoms with Crippen LogP contribution in [0.3, 0.4) is 0 Å². The van der Waals surface area contributed by atoms with Crippen LogP contribution in [-0.2, 0) is 17.5 Å². The molecule has 3 rings (SSSR count). The zero-order chi connectivity index (χ0) is 21.4. The number of hydrogen-bond acceptors (Lipinski definition) is 5. The van der Waals surface area contributed by atoms with E-state index in [-0.39, 0.29) is 18.1 Å². The Morgan fingerprint density at radius 1 is 1.17 bits per heavy atom. The number of morpholine rings is 1. The predicted molar refractivity (Wildman–Crippen MR) is 104 cm³/mol. The van der Waals surface area contributed by atoms with Gasteiger partial charge in [0.25, 0.3) is 5.91 Å². The van der Waals surface area contributed by atoms with Crippen LogP contribution in [0.15, 0.2) is 30.5 Å². The average Bonchev–Trinajstić information content (AvgIpc) is 3.19. The number of carbonyl (C=O) groups is 1. The third-order valence-electron chi connectivity index (χ3n) is 4.91. The highest BCUT2D eigenvalue weighted by Gasteiger charge is 2.30. The summed E-state index contributed by atoms with van der Waals surface area (Å²) in [6, 6.07) is 5.01. The molecule has 1 N–H and O–H groups in total. The smallest absolute Gasteiger partial charge is 0.379 e. The molecule has 1 aliphatic rings. The first-order valence-electron chi connectivity index (χ1n) is 10.1. The van der Waals surface area contributed by atoms with E-state index in [0.717, 1.165) is 64.2 Å². The van der Waals surface area contributed by atoms with Crippen LogP contribution in [0.1, 0.15) is 40.9 Å². The summed E-state index contributed by atoms with van der Waals surface area (Å²) in [6.07, 6.45) is -0.00297. The molecule has 10 heteroatoms. The first-order chi connectivity index (χ1) is 14.4. The molecule has 1 saturated heterocycles. The Kier molecular flexibility index (Phi) is 7.81. The zero-order valence-corrected chi connectivity index (χ0v) is 16.7. The van der Waals surface area contributed by atoms with Gasteiger partial charge in [-0.2, -0.15) is 13.2 Å². The van der Waals surface area contributed by atoms with Crippen molar-refractivity contribution in [1.82, 2.24) is 25.2 Å². The third kappa shape index (κ3) is 6.81. The van der Waals surface area contributed by atoms with Crippen molar-refractivity contribution >= 4 is 5.91 Å². The first kappa shape index (κ1) is 22.2. The van der Waals surface area contributed by atoms with Crippen LogP contribution in [0.5, 0.6) is 0 Å². The van der Waals surface area contributed by atoms with Gasteiger partial charge in [-0.3, -0.25) is 9.69 Å². The van der Waals surface area contributed by atoms with Gasteiger partial charge in [0.05, 0.1) is 31.5 Å². The highest BCUT2D eigenvalue weighted by molar-refractivity contribution is 5.91. The maximum absolute atomic E-state index is 12.8. The van der Waals surface area contributed by atoms with Crippen molar-refractivity contribution < 1.29 is 22.7 Å². The van der Waals surface area contributed by atoms with Crippen LogP contribution in [0.2, 0.25) is 0 Å². The van der Waals surface area contributed by atoms with E-state index in [2.05, 4.69) is 20.5 Å². The fourth-order valence-electron chi connectivity index (χ4n) is 3.27. The van der Waals surface area contributed by atoms with Crippen molar-refractivity contribution in [2.24, 2.45) is 0 Å². The minimum atomic E-state index is -4.40. The Morgan fingerprint density at radius 2 is 1.97 bits per heavy atom. The summed E-state index contributed by atoms with van der Waals surface area (Å²) in [7, 11) is 0. The summed E-state index contributed by atoms with van der Waals surface area (Å²) in [5.74, 6) is -0.335. The van der Waals surface area contributed by atoms with E-state index in [1.165, 1.54) is 16.9 Å². The lowest BCUT2D eigenvalue weighted by molar-refractivity contribution is -0.137. The molecule has 0 spiro atoms. The summed E-state index contributed by atoms with van der Waals surface area (Å²) in [5.41, 5.74) is -0.135. The molecule has 0 saturated carbocycles. The zero-order valence-electron chi connectivity index (χ0n) is 16.7. The van der Waals surface area contributed by atoms with E-state index in [9.17, 15) is 18.0 Å². The molecule has 1 amide bonds. The van der Waals surface area contributed by atoms with Crippen molar-refractivity contribution in [2.75, 3.05) is 39.4 Å². The molecule has 1 aromatic heterocycles.